The molecule has 2 nitrogen and oxygen atoms in total. The van der Waals surface area contributed by atoms with E-state index in [4.69, 9.17) is 9.17 Å². The van der Waals surface area contributed by atoms with E-state index in [1.54, 1.807) is 0 Å². The second-order valence-corrected chi connectivity index (χ2v) is 2.67. The lowest BCUT2D eigenvalue weighted by molar-refractivity contribution is 0.738. The topological polar surface area (TPSA) is 46.2 Å². The lowest BCUT2D eigenvalue weighted by Gasteiger charge is -2.02. The maximum atomic E-state index is 6.97. The van der Waals surface area contributed by atoms with Crippen molar-refractivity contribution < 1.29 is 3.44 Å². The minimum Gasteiger partial charge on any atom is -0.331 e. The van der Waals surface area contributed by atoms with Crippen molar-refractivity contribution in [2.24, 2.45) is 5.73 Å². The van der Waals surface area contributed by atoms with Crippen LogP contribution in [0.5, 0.6) is 0 Å². The third kappa shape index (κ3) is 5.51. The molecule has 1 rings (SSSR count). The Morgan fingerprint density at radius 1 is 1.33 bits per heavy atom. The van der Waals surface area contributed by atoms with E-state index < -0.39 is 0 Å². The van der Waals surface area contributed by atoms with Crippen molar-refractivity contribution in [1.82, 2.24) is 0 Å². The Morgan fingerprint density at radius 3 is 2.25 bits per heavy atom. The van der Waals surface area contributed by atoms with Crippen molar-refractivity contribution in [3.05, 3.63) is 35.9 Å². The first kappa shape index (κ1) is 11.9. The van der Waals surface area contributed by atoms with Crippen molar-refractivity contribution in [2.45, 2.75) is 19.4 Å². The van der Waals surface area contributed by atoms with Crippen LogP contribution in [0.3, 0.4) is 0 Å². The van der Waals surface area contributed by atoms with E-state index >= 15 is 0 Å². The Morgan fingerprint density at radius 2 is 1.83 bits per heavy atom. The molecule has 0 saturated carbocycles. The fourth-order valence-electron chi connectivity index (χ4n) is 0.986. The average Bonchev–Trinajstić information content (AvgIpc) is 2.08. The molecular formula is C9H14INO. The second kappa shape index (κ2) is 7.52. The highest BCUT2D eigenvalue weighted by Gasteiger charge is 1.94. The van der Waals surface area contributed by atoms with Gasteiger partial charge in [-0.05, 0) is 18.9 Å². The molecule has 0 aliphatic carbocycles. The second-order valence-electron chi connectivity index (χ2n) is 2.67. The Balaban J connectivity index is 0.000000561. The van der Waals surface area contributed by atoms with E-state index in [1.165, 1.54) is 5.56 Å². The molecule has 0 saturated heterocycles. The monoisotopic (exact) mass is 279 g/mol. The highest BCUT2D eigenvalue weighted by atomic mass is 127. The van der Waals surface area contributed by atoms with Crippen molar-refractivity contribution in [3.63, 3.8) is 0 Å². The summed E-state index contributed by atoms with van der Waals surface area (Å²) in [5, 5.41) is 0. The summed E-state index contributed by atoms with van der Waals surface area (Å²) in [6, 6.07) is 10.6. The number of benzene rings is 1. The maximum Gasteiger partial charge on any atom is 0.106 e. The molecule has 0 radical (unpaired) electrons. The first-order valence-corrected chi connectivity index (χ1v) is 4.72. The van der Waals surface area contributed by atoms with Gasteiger partial charge >= 0.3 is 0 Å². The van der Waals surface area contributed by atoms with Gasteiger partial charge in [0.15, 0.2) is 0 Å². The highest BCUT2D eigenvalue weighted by Crippen LogP contribution is 2.00. The third-order valence-corrected chi connectivity index (χ3v) is 1.40. The molecule has 0 amide bonds. The van der Waals surface area contributed by atoms with Crippen LogP contribution in [-0.4, -0.2) is 9.48 Å². The van der Waals surface area contributed by atoms with Crippen molar-refractivity contribution in [3.8, 4) is 0 Å². The van der Waals surface area contributed by atoms with E-state index in [1.807, 2.05) is 25.1 Å². The Bertz CT molecular complexity index is 189. The van der Waals surface area contributed by atoms with Gasteiger partial charge in [0.25, 0.3) is 0 Å². The van der Waals surface area contributed by atoms with Crippen LogP contribution in [0.4, 0.5) is 0 Å². The molecular weight excluding hydrogens is 265 g/mol. The molecule has 1 unspecified atom stereocenters. The normalized spacial score (nSPS) is 11.3. The minimum absolute atomic E-state index is 0.266. The fourth-order valence-corrected chi connectivity index (χ4v) is 0.986. The van der Waals surface area contributed by atoms with E-state index in [2.05, 4.69) is 12.1 Å². The number of halogens is 1. The summed E-state index contributed by atoms with van der Waals surface area (Å²) in [5.74, 6) is 0. The lowest BCUT2D eigenvalue weighted by Crippen LogP contribution is -2.17. The number of nitrogens with two attached hydrogens (primary N) is 1. The van der Waals surface area contributed by atoms with E-state index in [9.17, 15) is 0 Å². The summed E-state index contributed by atoms with van der Waals surface area (Å²) >= 11 is 1.15. The molecule has 12 heavy (non-hydrogen) atoms. The Hall–Kier alpha value is -0.130. The first-order valence-electron chi connectivity index (χ1n) is 3.75. The van der Waals surface area contributed by atoms with Gasteiger partial charge in [0.2, 0.25) is 0 Å². The molecule has 3 N–H and O–H groups in total. The predicted octanol–water partition coefficient (Wildman–Crippen LogP) is 1.90. The zero-order chi connectivity index (χ0) is 9.40. The Labute approximate surface area is 87.5 Å². The van der Waals surface area contributed by atoms with Gasteiger partial charge in [-0.1, -0.05) is 30.3 Å². The summed E-state index contributed by atoms with van der Waals surface area (Å²) in [5.41, 5.74) is 6.94. The molecule has 0 bridgehead atoms. The van der Waals surface area contributed by atoms with Crippen LogP contribution < -0.4 is 5.73 Å². The number of hydrogen-bond donors (Lipinski definition) is 2. The zero-order valence-corrected chi connectivity index (χ0v) is 9.23. The van der Waals surface area contributed by atoms with Crippen LogP contribution >= 0.6 is 23.0 Å². The van der Waals surface area contributed by atoms with E-state index in [0.29, 0.717) is 0 Å². The van der Waals surface area contributed by atoms with Gasteiger partial charge in [-0.15, -0.1) is 0 Å². The molecule has 0 heterocycles. The van der Waals surface area contributed by atoms with E-state index in [-0.39, 0.29) is 6.04 Å². The fraction of sp³-hybridized carbons (Fsp3) is 0.333. The van der Waals surface area contributed by atoms with Gasteiger partial charge in [0, 0.05) is 6.04 Å². The molecule has 0 fully saturated rings. The van der Waals surface area contributed by atoms with Crippen molar-refractivity contribution in [1.29, 1.82) is 0 Å². The van der Waals surface area contributed by atoms with E-state index in [0.717, 1.165) is 29.4 Å². The smallest absolute Gasteiger partial charge is 0.106 e. The summed E-state index contributed by atoms with van der Waals surface area (Å²) in [4.78, 5) is 0. The molecule has 0 aliphatic heterocycles. The van der Waals surface area contributed by atoms with Gasteiger partial charge in [-0.25, -0.2) is 0 Å². The highest BCUT2D eigenvalue weighted by molar-refractivity contribution is 14.1. The largest absolute Gasteiger partial charge is 0.331 e. The Kier molecular flexibility index (Phi) is 7.43. The summed E-state index contributed by atoms with van der Waals surface area (Å²) in [6.45, 7) is 2.02. The van der Waals surface area contributed by atoms with Gasteiger partial charge < -0.3 is 9.17 Å². The standard InChI is InChI=1S/C9H13N.HIO/c1-8(10)7-9-5-3-2-4-6-9;1-2/h2-6,8H,7,10H2,1H3;2H. The van der Waals surface area contributed by atoms with Crippen molar-refractivity contribution in [2.75, 3.05) is 0 Å². The minimum atomic E-state index is 0.266. The maximum absolute atomic E-state index is 6.97. The third-order valence-electron chi connectivity index (χ3n) is 1.40. The quantitative estimate of drug-likeness (QED) is 0.812. The molecule has 1 atom stereocenters. The number of hydrogen-bond acceptors (Lipinski definition) is 2. The zero-order valence-electron chi connectivity index (χ0n) is 7.07. The molecule has 0 spiro atoms. The van der Waals surface area contributed by atoms with Gasteiger partial charge in [-0.2, -0.15) is 0 Å². The molecule has 1 aromatic rings. The van der Waals surface area contributed by atoms with Crippen molar-refractivity contribution >= 4 is 23.0 Å². The molecule has 0 aliphatic rings. The average molecular weight is 279 g/mol. The van der Waals surface area contributed by atoms with Crippen LogP contribution in [0.1, 0.15) is 12.5 Å². The summed E-state index contributed by atoms with van der Waals surface area (Å²) in [6.07, 6.45) is 0.973. The molecule has 68 valence electrons. The lowest BCUT2D eigenvalue weighted by atomic mass is 10.1. The van der Waals surface area contributed by atoms with Crippen LogP contribution in [0.2, 0.25) is 0 Å². The predicted molar refractivity (Wildman–Crippen MR) is 60.0 cm³/mol. The van der Waals surface area contributed by atoms with Crippen LogP contribution in [0.25, 0.3) is 0 Å². The summed E-state index contributed by atoms with van der Waals surface area (Å²) in [7, 11) is 0. The SMILES string of the molecule is CC(N)Cc1ccccc1.OI. The first-order chi connectivity index (χ1) is 5.79. The van der Waals surface area contributed by atoms with Gasteiger partial charge in [0.1, 0.15) is 23.0 Å². The van der Waals surface area contributed by atoms with Gasteiger partial charge in [0.05, 0.1) is 0 Å². The molecule has 3 heteroatoms. The summed E-state index contributed by atoms with van der Waals surface area (Å²) < 4.78 is 6.97. The molecule has 1 aromatic carbocycles. The molecule has 0 aromatic heterocycles. The van der Waals surface area contributed by atoms with Crippen LogP contribution in [0.15, 0.2) is 30.3 Å². The van der Waals surface area contributed by atoms with Gasteiger partial charge in [-0.3, -0.25) is 0 Å². The number of rotatable bonds is 2. The van der Waals surface area contributed by atoms with Crippen LogP contribution in [-0.2, 0) is 6.42 Å². The van der Waals surface area contributed by atoms with Crippen LogP contribution in [0, 0.1) is 0 Å².